The third-order valence-electron chi connectivity index (χ3n) is 1.20. The number of benzene rings is 1. The van der Waals surface area contributed by atoms with Crippen LogP contribution in [0.15, 0.2) is 41.8 Å². The molecule has 1 nitrogen and oxygen atoms in total. The number of hydrogen-bond acceptors (Lipinski definition) is 2. The van der Waals surface area contributed by atoms with Crippen LogP contribution < -0.4 is 0 Å². The standard InChI is InChI=1S/C9H7ClOS/c1-2-9(11)12-8-5-3-7(10)4-6-8/h2-6H,1H2. The van der Waals surface area contributed by atoms with Gasteiger partial charge in [-0.25, -0.2) is 0 Å². The molecule has 1 aromatic carbocycles. The van der Waals surface area contributed by atoms with Gasteiger partial charge in [0, 0.05) is 9.92 Å². The first-order chi connectivity index (χ1) is 5.72. The van der Waals surface area contributed by atoms with E-state index in [9.17, 15) is 4.79 Å². The summed E-state index contributed by atoms with van der Waals surface area (Å²) in [7, 11) is 0. The molecule has 0 heterocycles. The van der Waals surface area contributed by atoms with Crippen molar-refractivity contribution in [2.75, 3.05) is 0 Å². The predicted octanol–water partition coefficient (Wildman–Crippen LogP) is 3.14. The average molecular weight is 199 g/mol. The number of rotatable bonds is 2. The number of carbonyl (C=O) groups excluding carboxylic acids is 1. The van der Waals surface area contributed by atoms with Gasteiger partial charge in [0.15, 0.2) is 0 Å². The van der Waals surface area contributed by atoms with Crippen LogP contribution in [-0.2, 0) is 4.79 Å². The molecule has 62 valence electrons. The van der Waals surface area contributed by atoms with E-state index in [0.717, 1.165) is 16.7 Å². The summed E-state index contributed by atoms with van der Waals surface area (Å²) >= 11 is 6.80. The molecule has 0 atom stereocenters. The topological polar surface area (TPSA) is 17.1 Å². The van der Waals surface area contributed by atoms with Crippen LogP contribution in [0.4, 0.5) is 0 Å². The smallest absolute Gasteiger partial charge is 0.216 e. The molecule has 3 heteroatoms. The average Bonchev–Trinajstić information content (AvgIpc) is 2.09. The third-order valence-corrected chi connectivity index (χ3v) is 2.33. The SMILES string of the molecule is C=CC(=O)Sc1ccc(Cl)cc1. The molecule has 0 aromatic heterocycles. The molecule has 0 amide bonds. The van der Waals surface area contributed by atoms with Gasteiger partial charge in [-0.15, -0.1) is 0 Å². The van der Waals surface area contributed by atoms with E-state index in [4.69, 9.17) is 11.6 Å². The molecule has 12 heavy (non-hydrogen) atoms. The van der Waals surface area contributed by atoms with Crippen LogP contribution in [0.3, 0.4) is 0 Å². The number of hydrogen-bond donors (Lipinski definition) is 0. The second-order valence-electron chi connectivity index (χ2n) is 2.08. The zero-order valence-corrected chi connectivity index (χ0v) is 7.86. The highest BCUT2D eigenvalue weighted by molar-refractivity contribution is 8.14. The van der Waals surface area contributed by atoms with Crippen molar-refractivity contribution in [3.63, 3.8) is 0 Å². The Morgan fingerprint density at radius 2 is 2.00 bits per heavy atom. The van der Waals surface area contributed by atoms with Crippen molar-refractivity contribution in [3.8, 4) is 0 Å². The van der Waals surface area contributed by atoms with Crippen LogP contribution in [0.5, 0.6) is 0 Å². The normalized spacial score (nSPS) is 9.42. The van der Waals surface area contributed by atoms with Gasteiger partial charge in [-0.3, -0.25) is 4.79 Å². The summed E-state index contributed by atoms with van der Waals surface area (Å²) in [5, 5.41) is 0.614. The van der Waals surface area contributed by atoms with Crippen molar-refractivity contribution >= 4 is 28.5 Å². The maximum atomic E-state index is 10.9. The summed E-state index contributed by atoms with van der Waals surface area (Å²) in [6.45, 7) is 3.38. The Bertz CT molecular complexity index is 292. The summed E-state index contributed by atoms with van der Waals surface area (Å²) in [5.41, 5.74) is 0. The van der Waals surface area contributed by atoms with Gasteiger partial charge in [-0.2, -0.15) is 0 Å². The van der Waals surface area contributed by atoms with Crippen molar-refractivity contribution < 1.29 is 4.79 Å². The maximum Gasteiger partial charge on any atom is 0.216 e. The van der Waals surface area contributed by atoms with E-state index in [-0.39, 0.29) is 5.12 Å². The van der Waals surface area contributed by atoms with Gasteiger partial charge in [-0.1, -0.05) is 18.2 Å². The molecule has 0 aliphatic rings. The van der Waals surface area contributed by atoms with Crippen LogP contribution in [0.2, 0.25) is 5.02 Å². The summed E-state index contributed by atoms with van der Waals surface area (Å²) in [6, 6.07) is 7.10. The molecule has 0 saturated heterocycles. The molecule has 0 radical (unpaired) electrons. The molecule has 0 fully saturated rings. The van der Waals surface area contributed by atoms with Crippen molar-refractivity contribution in [1.29, 1.82) is 0 Å². The first-order valence-corrected chi connectivity index (χ1v) is 4.51. The Kier molecular flexibility index (Phi) is 3.38. The predicted molar refractivity (Wildman–Crippen MR) is 52.5 cm³/mol. The lowest BCUT2D eigenvalue weighted by atomic mass is 10.4. The van der Waals surface area contributed by atoms with Gasteiger partial charge in [-0.05, 0) is 42.1 Å². The Balaban J connectivity index is 2.71. The van der Waals surface area contributed by atoms with Gasteiger partial charge in [0.2, 0.25) is 5.12 Å². The Morgan fingerprint density at radius 3 is 2.50 bits per heavy atom. The van der Waals surface area contributed by atoms with Gasteiger partial charge >= 0.3 is 0 Å². The molecule has 1 rings (SSSR count). The molecule has 0 spiro atoms. The summed E-state index contributed by atoms with van der Waals surface area (Å²) in [6.07, 6.45) is 1.29. The Hall–Kier alpha value is -0.730. The largest absolute Gasteiger partial charge is 0.282 e. The number of halogens is 1. The Labute approximate surface area is 80.4 Å². The van der Waals surface area contributed by atoms with Crippen molar-refractivity contribution in [1.82, 2.24) is 0 Å². The van der Waals surface area contributed by atoms with Crippen molar-refractivity contribution in [2.45, 2.75) is 4.90 Å². The van der Waals surface area contributed by atoms with E-state index in [2.05, 4.69) is 6.58 Å². The molecule has 0 aliphatic heterocycles. The fraction of sp³-hybridized carbons (Fsp3) is 0. The van der Waals surface area contributed by atoms with Gasteiger partial charge in [0.05, 0.1) is 0 Å². The zero-order chi connectivity index (χ0) is 8.97. The molecule has 1 aromatic rings. The minimum absolute atomic E-state index is 0.0580. The minimum atomic E-state index is -0.0580. The van der Waals surface area contributed by atoms with Crippen LogP contribution >= 0.6 is 23.4 Å². The van der Waals surface area contributed by atoms with Crippen molar-refractivity contribution in [3.05, 3.63) is 41.9 Å². The highest BCUT2D eigenvalue weighted by Crippen LogP contribution is 2.20. The second kappa shape index (κ2) is 4.33. The summed E-state index contributed by atoms with van der Waals surface area (Å²) < 4.78 is 0. The molecule has 0 saturated carbocycles. The van der Waals surface area contributed by atoms with E-state index in [1.165, 1.54) is 6.08 Å². The highest BCUT2D eigenvalue weighted by Gasteiger charge is 1.98. The van der Waals surface area contributed by atoms with Gasteiger partial charge in [0.25, 0.3) is 0 Å². The van der Waals surface area contributed by atoms with Crippen LogP contribution in [0.25, 0.3) is 0 Å². The van der Waals surface area contributed by atoms with Crippen LogP contribution in [-0.4, -0.2) is 5.12 Å². The lowest BCUT2D eigenvalue weighted by Crippen LogP contribution is -1.82. The minimum Gasteiger partial charge on any atom is -0.282 e. The maximum absolute atomic E-state index is 10.9. The van der Waals surface area contributed by atoms with Gasteiger partial charge < -0.3 is 0 Å². The fourth-order valence-corrected chi connectivity index (χ4v) is 1.37. The molecule has 0 N–H and O–H groups in total. The van der Waals surface area contributed by atoms with Crippen LogP contribution in [0, 0.1) is 0 Å². The Morgan fingerprint density at radius 1 is 1.42 bits per heavy atom. The third kappa shape index (κ3) is 2.72. The van der Waals surface area contributed by atoms with E-state index in [0.29, 0.717) is 5.02 Å². The summed E-state index contributed by atoms with van der Waals surface area (Å²) in [5.74, 6) is 0. The molecular formula is C9H7ClOS. The van der Waals surface area contributed by atoms with Gasteiger partial charge in [0.1, 0.15) is 0 Å². The fourth-order valence-electron chi connectivity index (χ4n) is 0.660. The van der Waals surface area contributed by atoms with Crippen LogP contribution in [0.1, 0.15) is 0 Å². The van der Waals surface area contributed by atoms with E-state index in [1.54, 1.807) is 24.3 Å². The molecule has 0 bridgehead atoms. The van der Waals surface area contributed by atoms with E-state index >= 15 is 0 Å². The quantitative estimate of drug-likeness (QED) is 0.537. The first kappa shape index (κ1) is 9.36. The molecule has 0 aliphatic carbocycles. The molecular weight excluding hydrogens is 192 g/mol. The lowest BCUT2D eigenvalue weighted by Gasteiger charge is -1.95. The van der Waals surface area contributed by atoms with Crippen molar-refractivity contribution in [2.24, 2.45) is 0 Å². The highest BCUT2D eigenvalue weighted by atomic mass is 35.5. The summed E-state index contributed by atoms with van der Waals surface area (Å²) in [4.78, 5) is 11.8. The lowest BCUT2D eigenvalue weighted by molar-refractivity contribution is -0.107. The first-order valence-electron chi connectivity index (χ1n) is 3.32. The zero-order valence-electron chi connectivity index (χ0n) is 6.29. The number of thioether (sulfide) groups is 1. The van der Waals surface area contributed by atoms with E-state index < -0.39 is 0 Å². The second-order valence-corrected chi connectivity index (χ2v) is 3.59. The monoisotopic (exact) mass is 198 g/mol. The molecule has 0 unspecified atom stereocenters. The number of carbonyl (C=O) groups is 1. The van der Waals surface area contributed by atoms with E-state index in [1.807, 2.05) is 0 Å².